The number of fused-ring (bicyclic) bond motifs is 3. The molecule has 0 radical (unpaired) electrons. The van der Waals surface area contributed by atoms with Gasteiger partial charge in [-0.3, -0.25) is 0 Å². The lowest BCUT2D eigenvalue weighted by molar-refractivity contribution is 0.772. The Bertz CT molecular complexity index is 465. The summed E-state index contributed by atoms with van der Waals surface area (Å²) in [6.45, 7) is 7.37. The monoisotopic (exact) mass is 201 g/mol. The van der Waals surface area contributed by atoms with Gasteiger partial charge in [-0.1, -0.05) is 25.5 Å². The van der Waals surface area contributed by atoms with Crippen molar-refractivity contribution in [3.05, 3.63) is 35.5 Å². The van der Waals surface area contributed by atoms with E-state index in [2.05, 4.69) is 35.8 Å². The smallest absolute Gasteiger partial charge is 0.0482 e. The van der Waals surface area contributed by atoms with Crippen LogP contribution in [0, 0.1) is 6.92 Å². The average Bonchev–Trinajstić information content (AvgIpc) is 2.79. The van der Waals surface area contributed by atoms with Gasteiger partial charge in [0.2, 0.25) is 0 Å². The fourth-order valence-electron chi connectivity index (χ4n) is 2.34. The van der Waals surface area contributed by atoms with E-state index in [0.29, 0.717) is 0 Å². The van der Waals surface area contributed by atoms with Crippen LogP contribution in [0.3, 0.4) is 0 Å². The molecule has 0 saturated carbocycles. The maximum atomic E-state index is 2.45. The molecular formula is C14H19N. The van der Waals surface area contributed by atoms with Crippen molar-refractivity contribution < 1.29 is 0 Å². The van der Waals surface area contributed by atoms with Gasteiger partial charge in [0.05, 0.1) is 0 Å². The van der Waals surface area contributed by atoms with Gasteiger partial charge in [-0.25, -0.2) is 0 Å². The number of benzene rings is 1. The third-order valence-corrected chi connectivity index (χ3v) is 2.96. The molecule has 3 rings (SSSR count). The van der Waals surface area contributed by atoms with Crippen LogP contribution in [0.1, 0.15) is 31.5 Å². The van der Waals surface area contributed by atoms with Gasteiger partial charge in [-0.2, -0.15) is 0 Å². The molecule has 0 fully saturated rings. The molecule has 1 aromatic heterocycles. The van der Waals surface area contributed by atoms with E-state index in [1.165, 1.54) is 41.5 Å². The van der Waals surface area contributed by atoms with Crippen molar-refractivity contribution in [3.8, 4) is 0 Å². The maximum Gasteiger partial charge on any atom is 0.0482 e. The number of aromatic nitrogens is 1. The van der Waals surface area contributed by atoms with Gasteiger partial charge in [0.25, 0.3) is 0 Å². The number of hydrogen-bond acceptors (Lipinski definition) is 0. The Labute approximate surface area is 91.7 Å². The average molecular weight is 201 g/mol. The lowest BCUT2D eigenvalue weighted by Gasteiger charge is -1.99. The first-order valence-electron chi connectivity index (χ1n) is 5.93. The molecule has 1 nitrogen and oxygen atoms in total. The zero-order valence-electron chi connectivity index (χ0n) is 9.88. The van der Waals surface area contributed by atoms with E-state index < -0.39 is 0 Å². The molecule has 80 valence electrons. The second kappa shape index (κ2) is 4.09. The van der Waals surface area contributed by atoms with E-state index in [9.17, 15) is 0 Å². The lowest BCUT2D eigenvalue weighted by Crippen LogP contribution is -1.90. The number of hydrogen-bond donors (Lipinski definition) is 0. The van der Waals surface area contributed by atoms with Gasteiger partial charge in [0, 0.05) is 23.1 Å². The van der Waals surface area contributed by atoms with Crippen molar-refractivity contribution in [1.82, 2.24) is 4.57 Å². The summed E-state index contributed by atoms with van der Waals surface area (Å²) in [5, 5.41) is 1.41. The Hall–Kier alpha value is -1.24. The highest BCUT2D eigenvalue weighted by atomic mass is 15.0. The molecule has 1 heteroatoms. The summed E-state index contributed by atoms with van der Waals surface area (Å²) < 4.78 is 2.45. The summed E-state index contributed by atoms with van der Waals surface area (Å²) in [7, 11) is 0. The van der Waals surface area contributed by atoms with E-state index in [0.717, 1.165) is 0 Å². The third kappa shape index (κ3) is 1.67. The first kappa shape index (κ1) is 10.3. The van der Waals surface area contributed by atoms with Crippen LogP contribution in [0.25, 0.3) is 10.9 Å². The summed E-state index contributed by atoms with van der Waals surface area (Å²) >= 11 is 0. The second-order valence-electron chi connectivity index (χ2n) is 3.95. The first-order valence-corrected chi connectivity index (χ1v) is 5.93. The van der Waals surface area contributed by atoms with Crippen LogP contribution in [-0.2, 0) is 13.0 Å². The molecule has 1 aliphatic heterocycles. The van der Waals surface area contributed by atoms with Crippen LogP contribution in [0.4, 0.5) is 0 Å². The number of nitrogens with zero attached hydrogens (tertiary/aromatic N) is 1. The van der Waals surface area contributed by atoms with Crippen LogP contribution in [0.15, 0.2) is 24.3 Å². The quantitative estimate of drug-likeness (QED) is 0.608. The van der Waals surface area contributed by atoms with E-state index in [-0.39, 0.29) is 0 Å². The van der Waals surface area contributed by atoms with Crippen LogP contribution in [0.5, 0.6) is 0 Å². The van der Waals surface area contributed by atoms with Gasteiger partial charge in [-0.15, -0.1) is 0 Å². The number of rotatable bonds is 0. The van der Waals surface area contributed by atoms with Crippen molar-refractivity contribution in [1.29, 1.82) is 0 Å². The summed E-state index contributed by atoms with van der Waals surface area (Å²) in [5.41, 5.74) is 4.29. The summed E-state index contributed by atoms with van der Waals surface area (Å²) in [6.07, 6.45) is 2.58. The van der Waals surface area contributed by atoms with Crippen LogP contribution in [-0.4, -0.2) is 4.57 Å². The highest BCUT2D eigenvalue weighted by Crippen LogP contribution is 2.26. The molecule has 1 aromatic carbocycles. The highest BCUT2D eigenvalue weighted by Gasteiger charge is 2.13. The molecule has 0 amide bonds. The topological polar surface area (TPSA) is 4.93 Å². The SMILES string of the molecule is CC.Cc1ccc2c(c1)cc1n2CCC1. The highest BCUT2D eigenvalue weighted by molar-refractivity contribution is 5.82. The molecule has 2 aromatic rings. The lowest BCUT2D eigenvalue weighted by atomic mass is 10.1. The molecule has 2 heterocycles. The molecule has 1 aliphatic rings. The Kier molecular flexibility index (Phi) is 2.81. The van der Waals surface area contributed by atoms with Crippen molar-refractivity contribution >= 4 is 10.9 Å². The van der Waals surface area contributed by atoms with Crippen LogP contribution >= 0.6 is 0 Å². The predicted molar refractivity (Wildman–Crippen MR) is 66.3 cm³/mol. The van der Waals surface area contributed by atoms with Crippen molar-refractivity contribution in [2.45, 2.75) is 40.2 Å². The summed E-state index contributed by atoms with van der Waals surface area (Å²) in [4.78, 5) is 0. The van der Waals surface area contributed by atoms with Crippen LogP contribution in [0.2, 0.25) is 0 Å². The molecule has 0 unspecified atom stereocenters. The molecule has 15 heavy (non-hydrogen) atoms. The predicted octanol–water partition coefficient (Wildman–Crippen LogP) is 3.92. The molecule has 0 atom stereocenters. The Morgan fingerprint density at radius 2 is 1.93 bits per heavy atom. The minimum Gasteiger partial charge on any atom is -0.345 e. The zero-order chi connectivity index (χ0) is 10.8. The van der Waals surface area contributed by atoms with Gasteiger partial charge < -0.3 is 4.57 Å². The molecule has 0 saturated heterocycles. The van der Waals surface area contributed by atoms with E-state index in [1.54, 1.807) is 0 Å². The second-order valence-corrected chi connectivity index (χ2v) is 3.95. The molecule has 0 spiro atoms. The summed E-state index contributed by atoms with van der Waals surface area (Å²) in [5.74, 6) is 0. The van der Waals surface area contributed by atoms with Crippen molar-refractivity contribution in [2.75, 3.05) is 0 Å². The molecule has 0 aliphatic carbocycles. The van der Waals surface area contributed by atoms with Crippen molar-refractivity contribution in [2.24, 2.45) is 0 Å². The number of aryl methyl sites for hydroxylation is 3. The first-order chi connectivity index (χ1) is 7.34. The fraction of sp³-hybridized carbons (Fsp3) is 0.429. The standard InChI is InChI=1S/C12H13N.C2H6/c1-9-4-5-12-10(7-9)8-11-3-2-6-13(11)12;1-2/h4-5,7-8H,2-3,6H2,1H3;1-2H3. The van der Waals surface area contributed by atoms with E-state index >= 15 is 0 Å². The minimum absolute atomic E-state index is 1.21. The molecular weight excluding hydrogens is 182 g/mol. The normalized spacial score (nSPS) is 13.5. The third-order valence-electron chi connectivity index (χ3n) is 2.96. The Balaban J connectivity index is 0.000000404. The summed E-state index contributed by atoms with van der Waals surface area (Å²) in [6, 6.07) is 9.07. The fourth-order valence-corrected chi connectivity index (χ4v) is 2.34. The van der Waals surface area contributed by atoms with Gasteiger partial charge in [0.1, 0.15) is 0 Å². The van der Waals surface area contributed by atoms with Gasteiger partial charge in [0.15, 0.2) is 0 Å². The minimum atomic E-state index is 1.21. The Morgan fingerprint density at radius 3 is 2.73 bits per heavy atom. The molecule has 0 bridgehead atoms. The zero-order valence-corrected chi connectivity index (χ0v) is 9.88. The largest absolute Gasteiger partial charge is 0.345 e. The van der Waals surface area contributed by atoms with Crippen molar-refractivity contribution in [3.63, 3.8) is 0 Å². The Morgan fingerprint density at radius 1 is 1.13 bits per heavy atom. The van der Waals surface area contributed by atoms with E-state index in [4.69, 9.17) is 0 Å². The van der Waals surface area contributed by atoms with Gasteiger partial charge >= 0.3 is 0 Å². The van der Waals surface area contributed by atoms with Gasteiger partial charge in [-0.05, 0) is 38.0 Å². The van der Waals surface area contributed by atoms with E-state index in [1.807, 2.05) is 13.8 Å². The maximum absolute atomic E-state index is 2.45. The molecule has 0 N–H and O–H groups in total. The van der Waals surface area contributed by atoms with Crippen LogP contribution < -0.4 is 0 Å².